The van der Waals surface area contributed by atoms with Gasteiger partial charge in [-0.05, 0) is 47.5 Å². The van der Waals surface area contributed by atoms with E-state index in [1.807, 2.05) is 0 Å². The summed E-state index contributed by atoms with van der Waals surface area (Å²) in [5, 5.41) is 209. The highest BCUT2D eigenvalue weighted by molar-refractivity contribution is 5.91. The number of carbonyl (C=O) groups excluding carboxylic acids is 3. The highest BCUT2D eigenvalue weighted by Crippen LogP contribution is 2.46. The van der Waals surface area contributed by atoms with Crippen LogP contribution >= 0.6 is 0 Å². The Morgan fingerprint density at radius 3 is 1.36 bits per heavy atom. The van der Waals surface area contributed by atoms with Crippen LogP contribution in [-0.4, -0.2) is 275 Å². The molecular weight excluding hydrogens is 1300 g/mol. The Balaban J connectivity index is 0.829. The fraction of sp³-hybridized carbons (Fsp3) is 0.417. The summed E-state index contributed by atoms with van der Waals surface area (Å²) >= 11 is 0. The Hall–Kier alpha value is -9.03. The predicted molar refractivity (Wildman–Crippen MR) is 308 cm³/mol. The van der Waals surface area contributed by atoms with Crippen LogP contribution in [0.5, 0.6) is 57.5 Å². The van der Waals surface area contributed by atoms with Crippen LogP contribution in [0.4, 0.5) is 0 Å². The number of phenolic OH excluding ortho intramolecular Hbond substituents is 6. The smallest absolute Gasteiger partial charge is 0.402 e. The zero-order chi connectivity index (χ0) is 69.7. The fourth-order valence-corrected chi connectivity index (χ4v) is 9.98. The molecule has 20 N–H and O–H groups in total. The number of carbonyl (C=O) groups is 4. The van der Waals surface area contributed by atoms with E-state index in [4.69, 9.17) is 61.6 Å². The number of hydrogen-bond donors (Lipinski definition) is 20. The number of phenols is 6. The van der Waals surface area contributed by atoms with Gasteiger partial charge in [0.05, 0.1) is 18.2 Å². The molecule has 1 aromatic heterocycles. The normalized spacial score (nSPS) is 30.8. The molecule has 4 aliphatic heterocycles. The number of fused-ring (bicyclic) bond motifs is 1. The van der Waals surface area contributed by atoms with Crippen molar-refractivity contribution in [2.75, 3.05) is 26.4 Å². The number of aliphatic hydroxyl groups excluding tert-OH is 13. The zero-order valence-electron chi connectivity index (χ0n) is 49.2. The largest absolute Gasteiger partial charge is 0.507 e. The van der Waals surface area contributed by atoms with E-state index >= 15 is 0 Å². The van der Waals surface area contributed by atoms with Crippen molar-refractivity contribution < 1.29 is 178 Å². The molecule has 4 fully saturated rings. The van der Waals surface area contributed by atoms with Gasteiger partial charge >= 0.3 is 35.2 Å². The molecule has 5 heterocycles. The molecule has 96 heavy (non-hydrogen) atoms. The highest BCUT2D eigenvalue weighted by atomic mass is 16.7. The Morgan fingerprint density at radius 1 is 0.438 bits per heavy atom. The van der Waals surface area contributed by atoms with Gasteiger partial charge < -0.3 is 154 Å². The number of esters is 3. The molecule has 9 rings (SSSR count). The highest BCUT2D eigenvalue weighted by Gasteiger charge is 2.50. The second-order valence-electron chi connectivity index (χ2n) is 22.0. The number of rotatable bonds is 22. The van der Waals surface area contributed by atoms with E-state index in [0.29, 0.717) is 0 Å². The third-order valence-electron chi connectivity index (χ3n) is 15.2. The van der Waals surface area contributed by atoms with Crippen molar-refractivity contribution in [3.05, 3.63) is 90.0 Å². The summed E-state index contributed by atoms with van der Waals surface area (Å²) in [6, 6.07) is 12.0. The SMILES string of the molecule is O=C(O)CC(=O)OC[C@H]1O[C@@H](Oc2cc(O)cc3[o+]c(-c4cc(O)c(O)c(O)c4)c(O[C@@H]4O[C@H](COC(=O)/C=C/c5ccc(O[C@@H]6O[C@H](COC(=O)C=Cc7ccc(O)c(O[C@@H]8O[C@H](CO)[C@@H](O)[C@H](O)[C@H]8O)c7)[C@@H](O)[C@H](O)[C@H]6O)c(O)c5)[C@@H](O)[C@H](O)[C@H]4O)cc23)[C@H](O)[C@@H](O)[C@@H]1O. The van der Waals surface area contributed by atoms with E-state index in [-0.39, 0.29) is 39.2 Å². The molecule has 5 aromatic rings. The molecular formula is C60H65O36+. The average molecular weight is 1360 g/mol. The van der Waals surface area contributed by atoms with Gasteiger partial charge in [-0.2, -0.15) is 0 Å². The molecule has 36 nitrogen and oxygen atoms in total. The Morgan fingerprint density at radius 2 is 0.875 bits per heavy atom. The fourth-order valence-electron chi connectivity index (χ4n) is 9.98. The van der Waals surface area contributed by atoms with Crippen molar-refractivity contribution in [2.24, 2.45) is 0 Å². The first-order chi connectivity index (χ1) is 45.5. The van der Waals surface area contributed by atoms with E-state index in [1.165, 1.54) is 24.3 Å². The topological polar surface area (TPSA) is 586 Å². The number of aliphatic hydroxyl groups is 13. The number of carboxylic acid groups (broad SMARTS) is 1. The summed E-state index contributed by atoms with van der Waals surface area (Å²) in [6.45, 7) is -3.19. The lowest BCUT2D eigenvalue weighted by Gasteiger charge is -2.40. The molecule has 0 radical (unpaired) electrons. The molecule has 4 aromatic carbocycles. The van der Waals surface area contributed by atoms with Crippen molar-refractivity contribution in [1.29, 1.82) is 0 Å². The van der Waals surface area contributed by atoms with E-state index in [9.17, 15) is 116 Å². The molecule has 0 spiro atoms. The zero-order valence-corrected chi connectivity index (χ0v) is 49.2. The molecule has 36 heteroatoms. The number of ether oxygens (including phenoxy) is 11. The van der Waals surface area contributed by atoms with E-state index in [1.54, 1.807) is 0 Å². The summed E-state index contributed by atoms with van der Waals surface area (Å²) in [5.74, 6) is -11.5. The third-order valence-corrected chi connectivity index (χ3v) is 15.2. The van der Waals surface area contributed by atoms with Crippen LogP contribution in [-0.2, 0) is 52.3 Å². The van der Waals surface area contributed by atoms with Crippen LogP contribution in [0.1, 0.15) is 17.5 Å². The van der Waals surface area contributed by atoms with Gasteiger partial charge in [0.2, 0.25) is 30.9 Å². The summed E-state index contributed by atoms with van der Waals surface area (Å²) in [7, 11) is 0. The Kier molecular flexibility index (Phi) is 22.5. The minimum atomic E-state index is -2.14. The number of hydrogen-bond acceptors (Lipinski definition) is 34. The minimum absolute atomic E-state index is 0.108. The molecule has 520 valence electrons. The maximum atomic E-state index is 13.1. The van der Waals surface area contributed by atoms with E-state index < -0.39 is 231 Å². The Bertz CT molecular complexity index is 3650. The third kappa shape index (κ3) is 16.3. The van der Waals surface area contributed by atoms with E-state index in [0.717, 1.165) is 66.8 Å². The molecule has 4 saturated heterocycles. The lowest BCUT2D eigenvalue weighted by atomic mass is 9.99. The number of aliphatic carboxylic acids is 1. The van der Waals surface area contributed by atoms with Crippen LogP contribution < -0.4 is 18.9 Å². The first-order valence-electron chi connectivity index (χ1n) is 28.7. The van der Waals surface area contributed by atoms with Gasteiger partial charge in [0.15, 0.2) is 40.2 Å². The predicted octanol–water partition coefficient (Wildman–Crippen LogP) is -4.12. The van der Waals surface area contributed by atoms with Crippen molar-refractivity contribution in [3.8, 4) is 68.8 Å². The molecule has 20 atom stereocenters. The number of aromatic hydroxyl groups is 6. The van der Waals surface area contributed by atoms with Gasteiger partial charge in [0.25, 0.3) is 0 Å². The Labute approximate surface area is 538 Å². The second-order valence-corrected chi connectivity index (χ2v) is 22.0. The summed E-state index contributed by atoms with van der Waals surface area (Å²) in [4.78, 5) is 48.8. The van der Waals surface area contributed by atoms with Gasteiger partial charge in [0.1, 0.15) is 141 Å². The van der Waals surface area contributed by atoms with Crippen molar-refractivity contribution in [3.63, 3.8) is 0 Å². The maximum Gasteiger partial charge on any atom is 0.402 e. The standard InChI is InChI=1S/C60H64O36/c61-17-35-44(73)48(77)52(81)59(93-35)91-33-10-22(1-5-26(33)63)4-8-41(70)86-18-36-45(74)49(78)53(82)57(94-36)89-30-6-2-21(9-27(30)64)3-7-40(69)85-19-37-46(75)51(80)55(84)60(96-37)92-34-15-25-31(88-56(34)23-11-28(65)43(72)29(66)12-23)13-24(62)14-32(25)90-58-54(83)50(79)47(76)38(95-58)20-87-42(71)16-39(67)68/h1-15,35-38,44-55,57-61,73-84H,16-20H2,(H6-,62,63,64,65,66,67,68,70,72)/p+1/b7-3+/t35-,36-,37-,38-,44-,45-,46-,47-,48+,49+,50+,51+,52-,53-,54-,55-,57-,58-,59-,60-/m1/s1. The first kappa shape index (κ1) is 71.3. The number of benzene rings is 4. The van der Waals surface area contributed by atoms with Crippen molar-refractivity contribution in [2.45, 2.75) is 129 Å². The lowest BCUT2D eigenvalue weighted by Crippen LogP contribution is -2.60. The van der Waals surface area contributed by atoms with Gasteiger partial charge in [0, 0.05) is 36.4 Å². The van der Waals surface area contributed by atoms with Gasteiger partial charge in [-0.25, -0.2) is 14.0 Å². The van der Waals surface area contributed by atoms with Crippen LogP contribution in [0.15, 0.2) is 83.3 Å². The molecule has 4 aliphatic rings. The summed E-state index contributed by atoms with van der Waals surface area (Å²) in [6.07, 6.45) is -34.0. The van der Waals surface area contributed by atoms with Crippen molar-refractivity contribution >= 4 is 47.0 Å². The van der Waals surface area contributed by atoms with Gasteiger partial charge in [-0.15, -0.1) is 0 Å². The molecule has 0 bridgehead atoms. The lowest BCUT2D eigenvalue weighted by molar-refractivity contribution is -0.278. The molecule has 0 aliphatic carbocycles. The molecule has 0 saturated carbocycles. The quantitative estimate of drug-likeness (QED) is 0.00782. The van der Waals surface area contributed by atoms with Crippen LogP contribution in [0, 0.1) is 0 Å². The van der Waals surface area contributed by atoms with Crippen molar-refractivity contribution in [1.82, 2.24) is 0 Å². The number of carboxylic acids is 1. The van der Waals surface area contributed by atoms with Gasteiger partial charge in [-0.3, -0.25) is 9.59 Å². The minimum Gasteiger partial charge on any atom is -0.507 e. The monoisotopic (exact) mass is 1360 g/mol. The van der Waals surface area contributed by atoms with Crippen LogP contribution in [0.3, 0.4) is 0 Å². The molecule has 0 amide bonds. The summed E-state index contributed by atoms with van der Waals surface area (Å²) < 4.78 is 66.5. The van der Waals surface area contributed by atoms with Crippen LogP contribution in [0.25, 0.3) is 34.4 Å². The first-order valence-corrected chi connectivity index (χ1v) is 28.7. The second kappa shape index (κ2) is 30.4. The summed E-state index contributed by atoms with van der Waals surface area (Å²) in [5.41, 5.74) is -0.275. The van der Waals surface area contributed by atoms with Crippen LogP contribution in [0.2, 0.25) is 0 Å². The van der Waals surface area contributed by atoms with Gasteiger partial charge in [-0.1, -0.05) is 12.1 Å². The maximum absolute atomic E-state index is 13.1. The van der Waals surface area contributed by atoms with E-state index in [2.05, 4.69) is 0 Å². The average Bonchev–Trinajstić information content (AvgIpc) is 0.765. The molecule has 0 unspecified atom stereocenters.